The summed E-state index contributed by atoms with van der Waals surface area (Å²) in [6.07, 6.45) is 7.63. The van der Waals surface area contributed by atoms with Crippen molar-refractivity contribution < 1.29 is 19.1 Å². The first-order valence-corrected chi connectivity index (χ1v) is 9.60. The van der Waals surface area contributed by atoms with Crippen LogP contribution in [0.25, 0.3) is 0 Å². The van der Waals surface area contributed by atoms with Crippen LogP contribution < -0.4 is 25.4 Å². The molecule has 2 amide bonds. The van der Waals surface area contributed by atoms with Crippen molar-refractivity contribution >= 4 is 29.9 Å². The highest BCUT2D eigenvalue weighted by Gasteiger charge is 2.17. The lowest BCUT2D eigenvalue weighted by molar-refractivity contribution is -0.114. The van der Waals surface area contributed by atoms with E-state index in [4.69, 9.17) is 9.47 Å². The summed E-state index contributed by atoms with van der Waals surface area (Å²) in [5, 5.41) is 9.12. The van der Waals surface area contributed by atoms with Gasteiger partial charge in [-0.05, 0) is 25.0 Å². The molecule has 3 N–H and O–H groups in total. The second-order valence-electron chi connectivity index (χ2n) is 6.84. The van der Waals surface area contributed by atoms with Crippen LogP contribution in [0.2, 0.25) is 0 Å². The molecule has 1 aromatic rings. The number of carbonyl (C=O) groups is 2. The summed E-state index contributed by atoms with van der Waals surface area (Å²) in [5.41, 5.74) is 0.817. The average molecular weight is 414 g/mol. The maximum absolute atomic E-state index is 12.5. The molecule has 0 bridgehead atoms. The van der Waals surface area contributed by atoms with E-state index >= 15 is 0 Å². The van der Waals surface area contributed by atoms with Crippen molar-refractivity contribution in [2.75, 3.05) is 32.6 Å². The maximum Gasteiger partial charge on any atom is 0.251 e. The normalized spacial score (nSPS) is 14.4. The summed E-state index contributed by atoms with van der Waals surface area (Å²) >= 11 is 0. The monoisotopic (exact) mass is 413 g/mol. The summed E-state index contributed by atoms with van der Waals surface area (Å²) in [5.74, 6) is 0.315. The third-order valence-electron chi connectivity index (χ3n) is 4.75. The topological polar surface area (TPSA) is 88.7 Å². The van der Waals surface area contributed by atoms with Gasteiger partial charge in [0.25, 0.3) is 5.91 Å². The number of halogens is 1. The molecule has 8 heteroatoms. The van der Waals surface area contributed by atoms with Crippen molar-refractivity contribution in [2.45, 2.75) is 51.5 Å². The van der Waals surface area contributed by atoms with Crippen LogP contribution in [0.15, 0.2) is 12.1 Å². The average Bonchev–Trinajstić information content (AvgIpc) is 2.92. The molecule has 0 heterocycles. The predicted octanol–water partition coefficient (Wildman–Crippen LogP) is 3.13. The Balaban J connectivity index is 0.00000392. The van der Waals surface area contributed by atoms with Gasteiger partial charge in [-0.15, -0.1) is 12.4 Å². The van der Waals surface area contributed by atoms with E-state index in [-0.39, 0.29) is 24.2 Å². The first kappa shape index (κ1) is 24.0. The Kier molecular flexibility index (Phi) is 10.7. The van der Waals surface area contributed by atoms with Gasteiger partial charge in [0.05, 0.1) is 19.9 Å². The maximum atomic E-state index is 12.5. The SMILES string of the molecule is COc1cc(C(=O)NCCNC2CCCCCC2)cc(NC(C)=O)c1OC.Cl. The minimum atomic E-state index is -0.250. The molecule has 1 fully saturated rings. The predicted molar refractivity (Wildman–Crippen MR) is 113 cm³/mol. The third kappa shape index (κ3) is 7.20. The number of benzene rings is 1. The highest BCUT2D eigenvalue weighted by atomic mass is 35.5. The second-order valence-corrected chi connectivity index (χ2v) is 6.84. The van der Waals surface area contributed by atoms with E-state index in [1.165, 1.54) is 59.7 Å². The largest absolute Gasteiger partial charge is 0.493 e. The lowest BCUT2D eigenvalue weighted by Gasteiger charge is -2.17. The molecule has 1 saturated carbocycles. The fraction of sp³-hybridized carbons (Fsp3) is 0.600. The second kappa shape index (κ2) is 12.5. The van der Waals surface area contributed by atoms with E-state index in [0.29, 0.717) is 35.3 Å². The molecule has 0 spiro atoms. The molecule has 1 aliphatic rings. The van der Waals surface area contributed by atoms with Crippen molar-refractivity contribution in [1.82, 2.24) is 10.6 Å². The van der Waals surface area contributed by atoms with Crippen molar-refractivity contribution in [2.24, 2.45) is 0 Å². The zero-order chi connectivity index (χ0) is 19.6. The van der Waals surface area contributed by atoms with Crippen molar-refractivity contribution in [1.29, 1.82) is 0 Å². The summed E-state index contributed by atoms with van der Waals surface area (Å²) < 4.78 is 10.6. The van der Waals surface area contributed by atoms with E-state index in [9.17, 15) is 9.59 Å². The molecule has 1 aromatic carbocycles. The fourth-order valence-corrected chi connectivity index (χ4v) is 3.42. The lowest BCUT2D eigenvalue weighted by Crippen LogP contribution is -2.36. The zero-order valence-electron chi connectivity index (χ0n) is 16.9. The summed E-state index contributed by atoms with van der Waals surface area (Å²) in [4.78, 5) is 23.9. The van der Waals surface area contributed by atoms with E-state index in [2.05, 4.69) is 16.0 Å². The van der Waals surface area contributed by atoms with Gasteiger partial charge in [0.1, 0.15) is 0 Å². The van der Waals surface area contributed by atoms with Crippen molar-refractivity contribution in [3.8, 4) is 11.5 Å². The Labute approximate surface area is 173 Å². The number of hydrogen-bond donors (Lipinski definition) is 3. The first-order valence-electron chi connectivity index (χ1n) is 9.60. The summed E-state index contributed by atoms with van der Waals surface area (Å²) in [6, 6.07) is 3.76. The molecule has 7 nitrogen and oxygen atoms in total. The Hall–Kier alpha value is -1.99. The minimum absolute atomic E-state index is 0. The minimum Gasteiger partial charge on any atom is -0.493 e. The van der Waals surface area contributed by atoms with Crippen LogP contribution in [0.1, 0.15) is 55.8 Å². The smallest absolute Gasteiger partial charge is 0.251 e. The summed E-state index contributed by atoms with van der Waals surface area (Å²) in [7, 11) is 2.98. The molecule has 0 unspecified atom stereocenters. The Morgan fingerprint density at radius 3 is 2.29 bits per heavy atom. The lowest BCUT2D eigenvalue weighted by atomic mass is 10.1. The molecule has 28 heavy (non-hydrogen) atoms. The van der Waals surface area contributed by atoms with Crippen LogP contribution in [-0.4, -0.2) is 45.2 Å². The van der Waals surface area contributed by atoms with E-state index in [1.807, 2.05) is 0 Å². The molecule has 0 atom stereocenters. The Morgan fingerprint density at radius 2 is 1.71 bits per heavy atom. The fourth-order valence-electron chi connectivity index (χ4n) is 3.42. The van der Waals surface area contributed by atoms with Gasteiger partial charge in [0.2, 0.25) is 5.91 Å². The number of rotatable bonds is 8. The Morgan fingerprint density at radius 1 is 1.04 bits per heavy atom. The molecular formula is C20H32ClN3O4. The number of ether oxygens (including phenoxy) is 2. The van der Waals surface area contributed by atoms with Crippen LogP contribution >= 0.6 is 12.4 Å². The van der Waals surface area contributed by atoms with E-state index in [1.54, 1.807) is 12.1 Å². The number of amides is 2. The standard InChI is InChI=1S/C20H31N3O4.ClH/c1-14(24)23-17-12-15(13-18(26-2)19(17)27-3)20(25)22-11-10-21-16-8-6-4-5-7-9-16;/h12-13,16,21H,4-11H2,1-3H3,(H,22,25)(H,23,24);1H. The van der Waals surface area contributed by atoms with Gasteiger partial charge < -0.3 is 25.4 Å². The molecule has 158 valence electrons. The van der Waals surface area contributed by atoms with Gasteiger partial charge >= 0.3 is 0 Å². The van der Waals surface area contributed by atoms with E-state index < -0.39 is 0 Å². The highest BCUT2D eigenvalue weighted by molar-refractivity contribution is 5.99. The van der Waals surface area contributed by atoms with Crippen molar-refractivity contribution in [3.05, 3.63) is 17.7 Å². The molecule has 0 aromatic heterocycles. The first-order chi connectivity index (χ1) is 13.0. The van der Waals surface area contributed by atoms with Crippen LogP contribution in [0.3, 0.4) is 0 Å². The molecule has 0 saturated heterocycles. The van der Waals surface area contributed by atoms with Gasteiger partial charge in [-0.2, -0.15) is 0 Å². The van der Waals surface area contributed by atoms with E-state index in [0.717, 1.165) is 6.54 Å². The number of hydrogen-bond acceptors (Lipinski definition) is 5. The highest BCUT2D eigenvalue weighted by Crippen LogP contribution is 2.36. The van der Waals surface area contributed by atoms with Gasteiger partial charge in [-0.3, -0.25) is 9.59 Å². The van der Waals surface area contributed by atoms with Gasteiger partial charge in [0, 0.05) is 31.6 Å². The summed E-state index contributed by atoms with van der Waals surface area (Å²) in [6.45, 7) is 2.68. The number of methoxy groups -OCH3 is 2. The van der Waals surface area contributed by atoms with Gasteiger partial charge in [-0.25, -0.2) is 0 Å². The van der Waals surface area contributed by atoms with Gasteiger partial charge in [0.15, 0.2) is 11.5 Å². The van der Waals surface area contributed by atoms with Crippen LogP contribution in [0.4, 0.5) is 5.69 Å². The van der Waals surface area contributed by atoms with Crippen LogP contribution in [0, 0.1) is 0 Å². The zero-order valence-corrected chi connectivity index (χ0v) is 17.7. The van der Waals surface area contributed by atoms with Gasteiger partial charge in [-0.1, -0.05) is 25.7 Å². The van der Waals surface area contributed by atoms with Crippen LogP contribution in [-0.2, 0) is 4.79 Å². The molecule has 2 rings (SSSR count). The molecule has 0 radical (unpaired) electrons. The Bertz CT molecular complexity index is 647. The molecular weight excluding hydrogens is 382 g/mol. The third-order valence-corrected chi connectivity index (χ3v) is 4.75. The van der Waals surface area contributed by atoms with Crippen LogP contribution in [0.5, 0.6) is 11.5 Å². The number of nitrogens with one attached hydrogen (secondary N) is 3. The number of anilines is 1. The quantitative estimate of drug-likeness (QED) is 0.450. The van der Waals surface area contributed by atoms with Crippen molar-refractivity contribution in [3.63, 3.8) is 0 Å². The number of carbonyl (C=O) groups excluding carboxylic acids is 2. The molecule has 1 aliphatic carbocycles. The molecule has 0 aliphatic heterocycles.